The number of hydrogen-bond acceptors (Lipinski definition) is 7. The minimum atomic E-state index is -1.11. The monoisotopic (exact) mass is 580 g/mol. The smallest absolute Gasteiger partial charge is 0.407 e. The molecule has 11 heteroatoms. The van der Waals surface area contributed by atoms with Gasteiger partial charge in [-0.15, -0.1) is 0 Å². The molecule has 1 aliphatic rings. The number of rotatable bonds is 13. The van der Waals surface area contributed by atoms with E-state index in [4.69, 9.17) is 15.2 Å². The zero-order chi connectivity index (χ0) is 31.0. The van der Waals surface area contributed by atoms with Crippen molar-refractivity contribution >= 4 is 29.8 Å². The number of nitrogens with one attached hydrogen (secondary N) is 3. The van der Waals surface area contributed by atoms with Crippen molar-refractivity contribution in [3.05, 3.63) is 59.7 Å². The maximum absolute atomic E-state index is 13.0. The molecule has 3 rings (SSSR count). The highest BCUT2D eigenvalue weighted by Gasteiger charge is 2.31. The number of fused-ring (bicyclic) bond motifs is 3. The molecule has 226 valence electrons. The quantitative estimate of drug-likeness (QED) is 0.264. The van der Waals surface area contributed by atoms with Crippen LogP contribution in [-0.2, 0) is 28.7 Å². The number of carbonyl (C=O) groups excluding carboxylic acids is 5. The number of amides is 4. The van der Waals surface area contributed by atoms with Gasteiger partial charge in [-0.2, -0.15) is 0 Å². The van der Waals surface area contributed by atoms with Crippen molar-refractivity contribution in [3.8, 4) is 11.1 Å². The minimum Gasteiger partial charge on any atom is -0.454 e. The van der Waals surface area contributed by atoms with E-state index in [1.54, 1.807) is 13.8 Å². The summed E-state index contributed by atoms with van der Waals surface area (Å²) in [6.07, 6.45) is -0.419. The molecule has 0 bridgehead atoms. The first-order valence-electron chi connectivity index (χ1n) is 14.1. The maximum atomic E-state index is 13.0. The molecule has 0 aliphatic heterocycles. The standard InChI is InChI=1S/C31H40N4O7/c1-17(2)14-25(28(32)37)34-26(36)16-41-30(39)19(5)33-29(38)27(18(3)4)35-31(40)42-15-24-22-12-8-6-10-20(22)21-11-7-9-13-23(21)24/h6-13,17-19,24-25,27H,14-16H2,1-5H3,(H2,32,37)(H,33,38)(H,34,36)(H,35,40)/t19-,25-,27-/m0/s1. The Morgan fingerprint density at radius 2 is 1.38 bits per heavy atom. The molecule has 0 saturated heterocycles. The Bertz CT molecular complexity index is 1260. The zero-order valence-electron chi connectivity index (χ0n) is 24.6. The fourth-order valence-electron chi connectivity index (χ4n) is 4.88. The molecule has 0 spiro atoms. The predicted molar refractivity (Wildman–Crippen MR) is 156 cm³/mol. The van der Waals surface area contributed by atoms with Crippen LogP contribution in [0.4, 0.5) is 4.79 Å². The van der Waals surface area contributed by atoms with Gasteiger partial charge < -0.3 is 31.2 Å². The molecule has 0 radical (unpaired) electrons. The third-order valence-corrected chi connectivity index (χ3v) is 7.01. The van der Waals surface area contributed by atoms with Crippen LogP contribution in [0.2, 0.25) is 0 Å². The number of ether oxygens (including phenoxy) is 2. The summed E-state index contributed by atoms with van der Waals surface area (Å²) < 4.78 is 10.6. The van der Waals surface area contributed by atoms with Crippen molar-refractivity contribution in [1.82, 2.24) is 16.0 Å². The summed E-state index contributed by atoms with van der Waals surface area (Å²) in [4.78, 5) is 61.9. The molecule has 4 amide bonds. The topological polar surface area (TPSA) is 166 Å². The predicted octanol–water partition coefficient (Wildman–Crippen LogP) is 2.61. The Morgan fingerprint density at radius 1 is 0.810 bits per heavy atom. The largest absolute Gasteiger partial charge is 0.454 e. The summed E-state index contributed by atoms with van der Waals surface area (Å²) in [5.41, 5.74) is 9.65. The lowest BCUT2D eigenvalue weighted by atomic mass is 9.98. The minimum absolute atomic E-state index is 0.0882. The van der Waals surface area contributed by atoms with Crippen molar-refractivity contribution < 1.29 is 33.4 Å². The van der Waals surface area contributed by atoms with Crippen LogP contribution in [-0.4, -0.2) is 61.1 Å². The van der Waals surface area contributed by atoms with E-state index in [2.05, 4.69) is 16.0 Å². The number of carbonyl (C=O) groups is 5. The van der Waals surface area contributed by atoms with Gasteiger partial charge in [0.1, 0.15) is 24.7 Å². The first-order valence-corrected chi connectivity index (χ1v) is 14.1. The lowest BCUT2D eigenvalue weighted by molar-refractivity contribution is -0.151. The van der Waals surface area contributed by atoms with E-state index in [0.29, 0.717) is 6.42 Å². The van der Waals surface area contributed by atoms with Gasteiger partial charge in [-0.3, -0.25) is 14.4 Å². The molecule has 3 atom stereocenters. The van der Waals surface area contributed by atoms with E-state index in [-0.39, 0.29) is 24.4 Å². The SMILES string of the molecule is CC(C)C[C@H](NC(=O)COC(=O)[C@H](C)NC(=O)[C@@H](NC(=O)OCC1c2ccccc2-c2ccccc21)C(C)C)C(N)=O. The fraction of sp³-hybridized carbons (Fsp3) is 0.452. The number of alkyl carbamates (subject to hydrolysis) is 1. The van der Waals surface area contributed by atoms with Crippen LogP contribution in [0, 0.1) is 11.8 Å². The molecule has 0 heterocycles. The van der Waals surface area contributed by atoms with E-state index in [1.807, 2.05) is 62.4 Å². The molecule has 2 aromatic rings. The lowest BCUT2D eigenvalue weighted by Gasteiger charge is -2.24. The Hall–Kier alpha value is -4.41. The summed E-state index contributed by atoms with van der Waals surface area (Å²) >= 11 is 0. The van der Waals surface area contributed by atoms with Crippen LogP contribution < -0.4 is 21.7 Å². The Kier molecular flexibility index (Phi) is 11.1. The van der Waals surface area contributed by atoms with Gasteiger partial charge in [0, 0.05) is 5.92 Å². The van der Waals surface area contributed by atoms with E-state index < -0.39 is 54.5 Å². The van der Waals surface area contributed by atoms with Gasteiger partial charge in [-0.1, -0.05) is 76.2 Å². The van der Waals surface area contributed by atoms with Gasteiger partial charge in [-0.05, 0) is 47.4 Å². The van der Waals surface area contributed by atoms with Crippen molar-refractivity contribution in [3.63, 3.8) is 0 Å². The van der Waals surface area contributed by atoms with Gasteiger partial charge in [-0.25, -0.2) is 9.59 Å². The third-order valence-electron chi connectivity index (χ3n) is 7.01. The summed E-state index contributed by atoms with van der Waals surface area (Å²) in [6, 6.07) is 12.9. The highest BCUT2D eigenvalue weighted by molar-refractivity contribution is 5.91. The lowest BCUT2D eigenvalue weighted by Crippen LogP contribution is -2.53. The fourth-order valence-corrected chi connectivity index (χ4v) is 4.88. The molecule has 2 aromatic carbocycles. The molecular formula is C31H40N4O7. The second-order valence-electron chi connectivity index (χ2n) is 11.2. The first-order chi connectivity index (χ1) is 19.9. The molecule has 42 heavy (non-hydrogen) atoms. The van der Waals surface area contributed by atoms with Crippen LogP contribution in [0.1, 0.15) is 58.1 Å². The number of hydrogen-bond donors (Lipinski definition) is 4. The number of nitrogens with two attached hydrogens (primary N) is 1. The number of esters is 1. The molecule has 0 aromatic heterocycles. The maximum Gasteiger partial charge on any atom is 0.407 e. The van der Waals surface area contributed by atoms with Gasteiger partial charge >= 0.3 is 12.1 Å². The van der Waals surface area contributed by atoms with Gasteiger partial charge in [0.05, 0.1) is 0 Å². The van der Waals surface area contributed by atoms with E-state index in [0.717, 1.165) is 22.3 Å². The van der Waals surface area contributed by atoms with Crippen LogP contribution >= 0.6 is 0 Å². The van der Waals surface area contributed by atoms with Crippen LogP contribution in [0.15, 0.2) is 48.5 Å². The van der Waals surface area contributed by atoms with Gasteiger partial charge in [0.25, 0.3) is 5.91 Å². The average molecular weight is 581 g/mol. The molecule has 5 N–H and O–H groups in total. The summed E-state index contributed by atoms with van der Waals surface area (Å²) in [5.74, 6) is -3.21. The summed E-state index contributed by atoms with van der Waals surface area (Å²) in [7, 11) is 0. The second-order valence-corrected chi connectivity index (χ2v) is 11.2. The molecule has 0 fully saturated rings. The first kappa shape index (κ1) is 32.1. The normalized spacial score (nSPS) is 14.3. The Morgan fingerprint density at radius 3 is 1.90 bits per heavy atom. The highest BCUT2D eigenvalue weighted by Crippen LogP contribution is 2.44. The molecular weight excluding hydrogens is 540 g/mol. The van der Waals surface area contributed by atoms with Gasteiger partial charge in [0.2, 0.25) is 11.8 Å². The number of primary amides is 1. The van der Waals surface area contributed by atoms with Crippen molar-refractivity contribution in [2.75, 3.05) is 13.2 Å². The van der Waals surface area contributed by atoms with Gasteiger partial charge in [0.15, 0.2) is 6.61 Å². The Balaban J connectivity index is 1.51. The summed E-state index contributed by atoms with van der Waals surface area (Å²) in [6.45, 7) is 8.07. The van der Waals surface area contributed by atoms with Crippen molar-refractivity contribution in [1.29, 1.82) is 0 Å². The average Bonchev–Trinajstić information content (AvgIpc) is 3.26. The van der Waals surface area contributed by atoms with Crippen LogP contribution in [0.5, 0.6) is 0 Å². The van der Waals surface area contributed by atoms with Crippen molar-refractivity contribution in [2.45, 2.75) is 65.1 Å². The van der Waals surface area contributed by atoms with Crippen molar-refractivity contribution in [2.24, 2.45) is 17.6 Å². The Labute approximate surface area is 245 Å². The molecule has 0 saturated carbocycles. The van der Waals surface area contributed by atoms with Crippen LogP contribution in [0.3, 0.4) is 0 Å². The molecule has 0 unspecified atom stereocenters. The second kappa shape index (κ2) is 14.5. The van der Waals surface area contributed by atoms with E-state index in [1.165, 1.54) is 6.92 Å². The molecule has 11 nitrogen and oxygen atoms in total. The highest BCUT2D eigenvalue weighted by atomic mass is 16.5. The molecule has 1 aliphatic carbocycles. The number of benzene rings is 2. The van der Waals surface area contributed by atoms with E-state index >= 15 is 0 Å². The summed E-state index contributed by atoms with van der Waals surface area (Å²) in [5, 5.41) is 7.55. The third kappa shape index (κ3) is 8.31. The zero-order valence-corrected chi connectivity index (χ0v) is 24.6. The van der Waals surface area contributed by atoms with E-state index in [9.17, 15) is 24.0 Å². The van der Waals surface area contributed by atoms with Crippen LogP contribution in [0.25, 0.3) is 11.1 Å².